The van der Waals surface area contributed by atoms with Gasteiger partial charge >= 0.3 is 0 Å². The minimum atomic E-state index is 0.641. The minimum Gasteiger partial charge on any atom is -0.356 e. The van der Waals surface area contributed by atoms with E-state index in [4.69, 9.17) is 0 Å². The van der Waals surface area contributed by atoms with Gasteiger partial charge in [0.2, 0.25) is 0 Å². The Labute approximate surface area is 248 Å². The fourth-order valence-corrected chi connectivity index (χ4v) is 6.36. The molecule has 1 unspecified atom stereocenters. The van der Waals surface area contributed by atoms with Crippen molar-refractivity contribution < 1.29 is 0 Å². The van der Waals surface area contributed by atoms with Gasteiger partial charge in [0.15, 0.2) is 0 Å². The van der Waals surface area contributed by atoms with Gasteiger partial charge in [0.05, 0.1) is 0 Å². The molecule has 1 atom stereocenters. The van der Waals surface area contributed by atoms with Crippen LogP contribution in [0.4, 0.5) is 0 Å². The first-order chi connectivity index (χ1) is 19.3. The molecule has 0 aromatic heterocycles. The Morgan fingerprint density at radius 3 is 0.897 bits per heavy atom. The maximum atomic E-state index is 2.70. The van der Waals surface area contributed by atoms with Crippen molar-refractivity contribution in [3.63, 3.8) is 0 Å². The van der Waals surface area contributed by atoms with Crippen LogP contribution >= 0.6 is 0 Å². The van der Waals surface area contributed by atoms with Crippen molar-refractivity contribution in [2.24, 2.45) is 0 Å². The lowest BCUT2D eigenvalue weighted by Crippen LogP contribution is -2.39. The summed E-state index contributed by atoms with van der Waals surface area (Å²) in [7, 11) is 0. The Bertz CT molecular complexity index is 502. The fraction of sp³-hybridized carbons (Fsp3) is 0.946. The first-order valence-electron chi connectivity index (χ1n) is 18.5. The number of nitrogens with zero attached hydrogens (tertiary/aromatic N) is 2. The average molecular weight is 547 g/mol. The van der Waals surface area contributed by atoms with Gasteiger partial charge in [-0.15, -0.1) is 0 Å². The van der Waals surface area contributed by atoms with Crippen LogP contribution in [0, 0.1) is 0 Å². The zero-order valence-electron chi connectivity index (χ0n) is 27.5. The summed E-state index contributed by atoms with van der Waals surface area (Å²) in [4.78, 5) is 5.39. The van der Waals surface area contributed by atoms with Crippen LogP contribution in [0.1, 0.15) is 207 Å². The third kappa shape index (κ3) is 21.7. The third-order valence-corrected chi connectivity index (χ3v) is 9.07. The lowest BCUT2D eigenvalue weighted by Gasteiger charge is -2.33. The zero-order chi connectivity index (χ0) is 28.1. The van der Waals surface area contributed by atoms with Gasteiger partial charge in [0.25, 0.3) is 0 Å². The van der Waals surface area contributed by atoms with E-state index in [9.17, 15) is 0 Å². The summed E-state index contributed by atoms with van der Waals surface area (Å²) >= 11 is 0. The van der Waals surface area contributed by atoms with E-state index in [0.29, 0.717) is 6.17 Å². The second kappa shape index (κ2) is 28.9. The van der Waals surface area contributed by atoms with Gasteiger partial charge in [-0.3, -0.25) is 0 Å². The van der Waals surface area contributed by atoms with Crippen LogP contribution < -0.4 is 0 Å². The predicted octanol–water partition coefficient (Wildman–Crippen LogP) is 12.8. The van der Waals surface area contributed by atoms with Gasteiger partial charge in [-0.1, -0.05) is 181 Å². The molecule has 2 nitrogen and oxygen atoms in total. The van der Waals surface area contributed by atoms with E-state index < -0.39 is 0 Å². The second-order valence-corrected chi connectivity index (χ2v) is 12.9. The topological polar surface area (TPSA) is 6.48 Å². The summed E-state index contributed by atoms with van der Waals surface area (Å²) in [6, 6.07) is 0. The number of rotatable bonds is 31. The van der Waals surface area contributed by atoms with Crippen molar-refractivity contribution in [2.75, 3.05) is 13.1 Å². The third-order valence-electron chi connectivity index (χ3n) is 9.07. The van der Waals surface area contributed by atoms with E-state index in [1.165, 1.54) is 199 Å². The molecule has 0 aliphatic carbocycles. The highest BCUT2D eigenvalue weighted by Gasteiger charge is 2.24. The summed E-state index contributed by atoms with van der Waals surface area (Å²) < 4.78 is 0. The molecular formula is C37H74N2. The van der Waals surface area contributed by atoms with Crippen molar-refractivity contribution in [3.05, 3.63) is 12.4 Å². The van der Waals surface area contributed by atoms with Gasteiger partial charge < -0.3 is 9.80 Å². The number of hydrogen-bond acceptors (Lipinski definition) is 2. The van der Waals surface area contributed by atoms with Crippen molar-refractivity contribution in [1.29, 1.82) is 0 Å². The van der Waals surface area contributed by atoms with Gasteiger partial charge in [-0.25, -0.2) is 0 Å². The van der Waals surface area contributed by atoms with E-state index in [2.05, 4.69) is 43.0 Å². The molecule has 0 amide bonds. The Hall–Kier alpha value is -0.660. The van der Waals surface area contributed by atoms with Crippen LogP contribution in [0.3, 0.4) is 0 Å². The van der Waals surface area contributed by atoms with Gasteiger partial charge in [0.1, 0.15) is 6.17 Å². The molecule has 0 aromatic rings. The normalized spacial score (nSPS) is 15.2. The molecule has 0 N–H and O–H groups in total. The molecule has 0 fully saturated rings. The van der Waals surface area contributed by atoms with Gasteiger partial charge in [-0.05, 0) is 25.7 Å². The Balaban J connectivity index is 2.09. The highest BCUT2D eigenvalue weighted by atomic mass is 15.4. The molecule has 1 rings (SSSR count). The van der Waals surface area contributed by atoms with Crippen molar-refractivity contribution in [3.8, 4) is 0 Å². The molecule has 0 saturated heterocycles. The first-order valence-corrected chi connectivity index (χ1v) is 18.5. The lowest BCUT2D eigenvalue weighted by molar-refractivity contribution is 0.135. The zero-order valence-corrected chi connectivity index (χ0v) is 27.5. The molecule has 0 aromatic carbocycles. The number of hydrogen-bond donors (Lipinski definition) is 0. The quantitative estimate of drug-likeness (QED) is 0.0798. The summed E-state index contributed by atoms with van der Waals surface area (Å²) in [5.74, 6) is 0. The van der Waals surface area contributed by atoms with E-state index >= 15 is 0 Å². The number of unbranched alkanes of at least 4 members (excludes halogenated alkanes) is 25. The molecule has 2 heteroatoms. The Morgan fingerprint density at radius 2 is 0.590 bits per heavy atom. The maximum absolute atomic E-state index is 2.70. The largest absolute Gasteiger partial charge is 0.356 e. The lowest BCUT2D eigenvalue weighted by atomic mass is 10.0. The van der Waals surface area contributed by atoms with Crippen molar-refractivity contribution in [2.45, 2.75) is 213 Å². The van der Waals surface area contributed by atoms with Crippen molar-refractivity contribution in [1.82, 2.24) is 9.80 Å². The molecule has 232 valence electrons. The van der Waals surface area contributed by atoms with Crippen molar-refractivity contribution >= 4 is 0 Å². The van der Waals surface area contributed by atoms with E-state index in [1.54, 1.807) is 0 Å². The molecule has 1 aliphatic rings. The molecular weight excluding hydrogens is 472 g/mol. The predicted molar refractivity (Wildman–Crippen MR) is 177 cm³/mol. The molecule has 39 heavy (non-hydrogen) atoms. The monoisotopic (exact) mass is 547 g/mol. The SMILES string of the molecule is CCCCCCCCCCCCCCCCCN1C=CN(CCCCCCCCCCC)C1CCCCCC. The van der Waals surface area contributed by atoms with Gasteiger partial charge in [-0.2, -0.15) is 0 Å². The Kier molecular flexibility index (Phi) is 26.9. The fourth-order valence-electron chi connectivity index (χ4n) is 6.36. The van der Waals surface area contributed by atoms with Crippen LogP contribution in [-0.2, 0) is 0 Å². The Morgan fingerprint density at radius 1 is 0.333 bits per heavy atom. The summed E-state index contributed by atoms with van der Waals surface area (Å²) in [6.07, 6.45) is 47.0. The standard InChI is InChI=1S/C37H74N2/c1-4-7-10-13-15-17-18-19-20-21-22-24-26-28-31-34-39-36-35-38(37(39)32-29-12-9-6-3)33-30-27-25-23-16-14-11-8-5-2/h35-37H,4-34H2,1-3H3. The molecule has 1 aliphatic heterocycles. The van der Waals surface area contributed by atoms with Crippen LogP contribution in [-0.4, -0.2) is 29.1 Å². The summed E-state index contributed by atoms with van der Waals surface area (Å²) in [5, 5.41) is 0. The minimum absolute atomic E-state index is 0.641. The van der Waals surface area contributed by atoms with E-state index in [1.807, 2.05) is 0 Å². The van der Waals surface area contributed by atoms with E-state index in [0.717, 1.165) is 0 Å². The van der Waals surface area contributed by atoms with Crippen LogP contribution in [0.2, 0.25) is 0 Å². The van der Waals surface area contributed by atoms with Crippen LogP contribution in [0.25, 0.3) is 0 Å². The van der Waals surface area contributed by atoms with Gasteiger partial charge in [0, 0.05) is 25.5 Å². The highest BCUT2D eigenvalue weighted by Crippen LogP contribution is 2.24. The van der Waals surface area contributed by atoms with E-state index in [-0.39, 0.29) is 0 Å². The van der Waals surface area contributed by atoms with Crippen LogP contribution in [0.5, 0.6) is 0 Å². The molecule has 0 radical (unpaired) electrons. The van der Waals surface area contributed by atoms with Crippen LogP contribution in [0.15, 0.2) is 12.4 Å². The summed E-state index contributed by atoms with van der Waals surface area (Å²) in [6.45, 7) is 9.48. The summed E-state index contributed by atoms with van der Waals surface area (Å²) in [5.41, 5.74) is 0. The smallest absolute Gasteiger partial charge is 0.101 e. The molecule has 0 saturated carbocycles. The molecule has 0 bridgehead atoms. The molecule has 1 heterocycles. The first kappa shape index (κ1) is 36.4. The second-order valence-electron chi connectivity index (χ2n) is 12.9. The highest BCUT2D eigenvalue weighted by molar-refractivity contribution is 4.97. The maximum Gasteiger partial charge on any atom is 0.101 e. The average Bonchev–Trinajstić information content (AvgIpc) is 3.33. The molecule has 0 spiro atoms.